The Balaban J connectivity index is 1.62. The summed E-state index contributed by atoms with van der Waals surface area (Å²) >= 11 is 0. The Morgan fingerprint density at radius 3 is 2.53 bits per heavy atom. The Kier molecular flexibility index (Phi) is 6.37. The molecule has 3 heterocycles. The van der Waals surface area contributed by atoms with Gasteiger partial charge in [0.2, 0.25) is 10.0 Å². The number of ether oxygens (including phenoxy) is 2. The molecule has 4 aromatic rings. The van der Waals surface area contributed by atoms with Crippen molar-refractivity contribution in [3.8, 4) is 22.6 Å². The number of nitrogens with one attached hydrogen (secondary N) is 1. The van der Waals surface area contributed by atoms with Crippen molar-refractivity contribution < 1.29 is 26.7 Å². The van der Waals surface area contributed by atoms with Gasteiger partial charge in [-0.05, 0) is 35.9 Å². The van der Waals surface area contributed by atoms with Crippen molar-refractivity contribution in [2.24, 2.45) is 7.05 Å². The molecule has 2 aromatic heterocycles. The Morgan fingerprint density at radius 1 is 1.03 bits per heavy atom. The molecule has 36 heavy (non-hydrogen) atoms. The van der Waals surface area contributed by atoms with E-state index >= 15 is 0 Å². The summed E-state index contributed by atoms with van der Waals surface area (Å²) in [5.74, 6) is -1.84. The number of aromatic amines is 1. The maximum Gasteiger partial charge on any atom is 0.272 e. The predicted molar refractivity (Wildman–Crippen MR) is 130 cm³/mol. The summed E-state index contributed by atoms with van der Waals surface area (Å²) in [7, 11) is -1.90. The second kappa shape index (κ2) is 9.49. The molecule has 1 aliphatic rings. The average Bonchev–Trinajstić information content (AvgIpc) is 3.19. The lowest BCUT2D eigenvalue weighted by molar-refractivity contribution is 0.0729. The molecule has 0 saturated carbocycles. The van der Waals surface area contributed by atoms with Crippen LogP contribution in [0.2, 0.25) is 0 Å². The van der Waals surface area contributed by atoms with E-state index in [1.807, 2.05) is 0 Å². The van der Waals surface area contributed by atoms with E-state index in [9.17, 15) is 22.0 Å². The van der Waals surface area contributed by atoms with Gasteiger partial charge in [0.05, 0.1) is 19.0 Å². The predicted octanol–water partition coefficient (Wildman–Crippen LogP) is 3.77. The summed E-state index contributed by atoms with van der Waals surface area (Å²) in [6.07, 6.45) is 3.24. The van der Waals surface area contributed by atoms with Gasteiger partial charge in [-0.3, -0.25) is 4.79 Å². The Hall–Kier alpha value is -3.54. The molecular formula is C25H23F2N3O5S. The number of hydrogen-bond acceptors (Lipinski definition) is 5. The minimum Gasteiger partial charge on any atom is -0.454 e. The highest BCUT2D eigenvalue weighted by Gasteiger charge is 2.26. The molecule has 0 amide bonds. The summed E-state index contributed by atoms with van der Waals surface area (Å²) in [6, 6.07) is 9.51. The number of morpholine rings is 1. The number of H-pyrrole nitrogens is 1. The molecule has 0 radical (unpaired) electrons. The molecule has 188 valence electrons. The fourth-order valence-corrected chi connectivity index (χ4v) is 5.84. The molecule has 0 bridgehead atoms. The zero-order valence-corrected chi connectivity index (χ0v) is 20.1. The molecule has 0 aliphatic carbocycles. The van der Waals surface area contributed by atoms with Gasteiger partial charge in [-0.1, -0.05) is 6.07 Å². The Bertz CT molecular complexity index is 1610. The quantitative estimate of drug-likeness (QED) is 0.422. The normalized spacial score (nSPS) is 14.9. The maximum atomic E-state index is 14.4. The topological polar surface area (TPSA) is 93.6 Å². The first kappa shape index (κ1) is 24.2. The summed E-state index contributed by atoms with van der Waals surface area (Å²) in [6.45, 7) is 1.24. The molecule has 1 aliphatic heterocycles. The number of rotatable bonds is 6. The number of hydrogen-bond donors (Lipinski definition) is 1. The van der Waals surface area contributed by atoms with Crippen molar-refractivity contribution in [3.05, 3.63) is 82.4 Å². The number of sulfonamides is 1. The van der Waals surface area contributed by atoms with E-state index in [0.29, 0.717) is 40.8 Å². The Morgan fingerprint density at radius 2 is 1.78 bits per heavy atom. The van der Waals surface area contributed by atoms with Gasteiger partial charge in [0.25, 0.3) is 5.56 Å². The molecular weight excluding hydrogens is 492 g/mol. The van der Waals surface area contributed by atoms with Crippen molar-refractivity contribution in [1.29, 1.82) is 0 Å². The number of aromatic nitrogens is 2. The molecule has 1 saturated heterocycles. The monoisotopic (exact) mass is 515 g/mol. The van der Waals surface area contributed by atoms with Crippen LogP contribution in [0.1, 0.15) is 5.56 Å². The van der Waals surface area contributed by atoms with Crippen molar-refractivity contribution in [3.63, 3.8) is 0 Å². The molecule has 0 spiro atoms. The van der Waals surface area contributed by atoms with E-state index in [-0.39, 0.29) is 35.9 Å². The highest BCUT2D eigenvalue weighted by atomic mass is 32.2. The van der Waals surface area contributed by atoms with Crippen LogP contribution in [0, 0.1) is 11.6 Å². The van der Waals surface area contributed by atoms with Crippen LogP contribution in [-0.4, -0.2) is 48.6 Å². The van der Waals surface area contributed by atoms with Crippen LogP contribution in [-0.2, 0) is 27.6 Å². The lowest BCUT2D eigenvalue weighted by Crippen LogP contribution is -2.41. The third kappa shape index (κ3) is 4.64. The average molecular weight is 516 g/mol. The second-order valence-electron chi connectivity index (χ2n) is 8.50. The van der Waals surface area contributed by atoms with E-state index in [4.69, 9.17) is 9.47 Å². The first-order valence-electron chi connectivity index (χ1n) is 11.2. The Labute approximate surface area is 205 Å². The minimum absolute atomic E-state index is 0.190. The van der Waals surface area contributed by atoms with E-state index in [1.165, 1.54) is 16.6 Å². The van der Waals surface area contributed by atoms with Crippen molar-refractivity contribution in [2.75, 3.05) is 26.3 Å². The zero-order valence-electron chi connectivity index (χ0n) is 19.3. The highest BCUT2D eigenvalue weighted by Crippen LogP contribution is 2.39. The van der Waals surface area contributed by atoms with Gasteiger partial charge >= 0.3 is 0 Å². The van der Waals surface area contributed by atoms with E-state index < -0.39 is 21.7 Å². The molecule has 2 aromatic carbocycles. The number of aryl methyl sites for hydroxylation is 1. The van der Waals surface area contributed by atoms with Gasteiger partial charge in [-0.25, -0.2) is 17.2 Å². The summed E-state index contributed by atoms with van der Waals surface area (Å²) in [5.41, 5.74) is 1.67. The zero-order chi connectivity index (χ0) is 25.4. The third-order valence-electron chi connectivity index (χ3n) is 6.06. The van der Waals surface area contributed by atoms with Gasteiger partial charge < -0.3 is 19.0 Å². The third-order valence-corrected chi connectivity index (χ3v) is 7.91. The smallest absolute Gasteiger partial charge is 0.272 e. The van der Waals surface area contributed by atoms with E-state index in [0.717, 1.165) is 12.1 Å². The second-order valence-corrected chi connectivity index (χ2v) is 10.5. The molecule has 11 heteroatoms. The molecule has 5 rings (SSSR count). The standard InChI is InChI=1S/C25H23F2N3O5S/c1-29-14-20(18-6-7-28-25(31)24(18)29)19-12-16(15-36(32,33)30-8-10-34-11-9-30)2-4-22(19)35-23-5-3-17(26)13-21(23)27/h2-7,12-14H,8-11,15H2,1H3,(H,28,31). The van der Waals surface area contributed by atoms with Gasteiger partial charge in [0, 0.05) is 55.1 Å². The van der Waals surface area contributed by atoms with Crippen molar-refractivity contribution in [2.45, 2.75) is 5.75 Å². The number of pyridine rings is 1. The van der Waals surface area contributed by atoms with Crippen LogP contribution in [0.3, 0.4) is 0 Å². The van der Waals surface area contributed by atoms with Crippen LogP contribution in [0.15, 0.2) is 59.7 Å². The molecule has 0 unspecified atom stereocenters. The van der Waals surface area contributed by atoms with Gasteiger partial charge in [0.1, 0.15) is 17.1 Å². The minimum atomic E-state index is -3.61. The lowest BCUT2D eigenvalue weighted by Gasteiger charge is -2.26. The molecule has 0 atom stereocenters. The lowest BCUT2D eigenvalue weighted by atomic mass is 10.0. The van der Waals surface area contributed by atoms with Gasteiger partial charge in [-0.15, -0.1) is 0 Å². The fourth-order valence-electron chi connectivity index (χ4n) is 4.35. The summed E-state index contributed by atoms with van der Waals surface area (Å²) < 4.78 is 68.0. The first-order chi connectivity index (χ1) is 17.2. The molecule has 1 N–H and O–H groups in total. The maximum absolute atomic E-state index is 14.4. The molecule has 8 nitrogen and oxygen atoms in total. The van der Waals surface area contributed by atoms with Crippen LogP contribution >= 0.6 is 0 Å². The number of halogens is 2. The number of benzene rings is 2. The van der Waals surface area contributed by atoms with Gasteiger partial charge in [0.15, 0.2) is 11.6 Å². The van der Waals surface area contributed by atoms with Crippen LogP contribution < -0.4 is 10.3 Å². The fraction of sp³-hybridized carbons (Fsp3) is 0.240. The number of fused-ring (bicyclic) bond motifs is 1. The van der Waals surface area contributed by atoms with E-state index in [2.05, 4.69) is 4.98 Å². The van der Waals surface area contributed by atoms with E-state index in [1.54, 1.807) is 42.1 Å². The van der Waals surface area contributed by atoms with Crippen molar-refractivity contribution in [1.82, 2.24) is 13.9 Å². The van der Waals surface area contributed by atoms with Crippen LogP contribution in [0.5, 0.6) is 11.5 Å². The highest BCUT2D eigenvalue weighted by molar-refractivity contribution is 7.88. The first-order valence-corrected chi connectivity index (χ1v) is 12.8. The van der Waals surface area contributed by atoms with Crippen LogP contribution in [0.4, 0.5) is 8.78 Å². The largest absolute Gasteiger partial charge is 0.454 e. The number of nitrogens with zero attached hydrogens (tertiary/aromatic N) is 2. The van der Waals surface area contributed by atoms with Crippen molar-refractivity contribution >= 4 is 20.9 Å². The molecule has 1 fully saturated rings. The van der Waals surface area contributed by atoms with Crippen LogP contribution in [0.25, 0.3) is 22.0 Å². The summed E-state index contributed by atoms with van der Waals surface area (Å²) in [5, 5.41) is 0.610. The SMILES string of the molecule is Cn1cc(-c2cc(CS(=O)(=O)N3CCOCC3)ccc2Oc2ccc(F)cc2F)c2cc[nH]c(=O)c21. The van der Waals surface area contributed by atoms with Gasteiger partial charge in [-0.2, -0.15) is 4.31 Å². The summed E-state index contributed by atoms with van der Waals surface area (Å²) in [4.78, 5) is 15.1.